The maximum atomic E-state index is 15.0. The molecule has 15 heteroatoms. The van der Waals surface area contributed by atoms with Crippen LogP contribution in [0.3, 0.4) is 0 Å². The molecule has 9 unspecified atom stereocenters. The standard InChI is InChI=1S/C49H57BrN2O12/c1-22-13-12-14-23(2)48(60)51-39-36-34(29(8)53)28(7)52(21-31-15-17-32(50)18-16-31)40(36)35-37(44(39)58)43(57)27(6)46-38(35)47(59)49(10,64-46)62-20-19-33(61-11)24(3)45(63-30(9)54)26(5)42(56)25(4)41(22)55/h12-20,22,24-26,33,41-42,45,55-58H,21H2,1-11H3,(H,51,60). The third-order valence-electron chi connectivity index (χ3n) is 12.9. The molecule has 6 rings (SSSR count). The molecular formula is C49H57BrN2O12. The van der Waals surface area contributed by atoms with E-state index in [4.69, 9.17) is 18.9 Å². The number of aliphatic hydroxyl groups excluding tert-OH is 2. The Balaban J connectivity index is 1.65. The Morgan fingerprint density at radius 3 is 2.17 bits per heavy atom. The number of nitrogens with one attached hydrogen (secondary N) is 1. The molecule has 9 atom stereocenters. The first kappa shape index (κ1) is 48.0. The number of phenolic OH excluding ortho intramolecular Hbond substituents is 2. The number of hydrogen-bond acceptors (Lipinski definition) is 12. The lowest BCUT2D eigenvalue weighted by Gasteiger charge is -2.38. The van der Waals surface area contributed by atoms with Crippen LogP contribution in [0.4, 0.5) is 5.69 Å². The second-order valence-electron chi connectivity index (χ2n) is 17.3. The van der Waals surface area contributed by atoms with Crippen LogP contribution in [-0.2, 0) is 30.3 Å². The van der Waals surface area contributed by atoms with E-state index < -0.39 is 83.0 Å². The third kappa shape index (κ3) is 8.58. The van der Waals surface area contributed by atoms with Gasteiger partial charge in [-0.25, -0.2) is 0 Å². The van der Waals surface area contributed by atoms with E-state index in [1.807, 2.05) is 28.8 Å². The average molecular weight is 946 g/mol. The minimum Gasteiger partial charge on any atom is -0.507 e. The smallest absolute Gasteiger partial charge is 0.312 e. The summed E-state index contributed by atoms with van der Waals surface area (Å²) in [5.41, 5.74) is 1.83. The Kier molecular flexibility index (Phi) is 13.9. The number of fused-ring (bicyclic) bond motifs is 1. The second kappa shape index (κ2) is 18.6. The minimum absolute atomic E-state index is 0.0159. The highest BCUT2D eigenvalue weighted by atomic mass is 79.9. The van der Waals surface area contributed by atoms with Gasteiger partial charge in [-0.3, -0.25) is 19.2 Å². The van der Waals surface area contributed by atoms with Gasteiger partial charge in [-0.2, -0.15) is 0 Å². The SMILES string of the molecule is COC1C=COC2(C)Oc3c(C)c(O)c4c(O)c(c5c(C(C)=O)c(C)n(Cc6ccc(Br)cc6)c5c4c3C2=O)NC(=O)C(C)=CC=CC(C)C(O)C(C)C(O)C(C)C(OC(C)=O)C1C. The first-order chi connectivity index (χ1) is 30.1. The van der Waals surface area contributed by atoms with Gasteiger partial charge in [0.2, 0.25) is 0 Å². The molecule has 0 spiro atoms. The summed E-state index contributed by atoms with van der Waals surface area (Å²) in [5, 5.41) is 50.3. The van der Waals surface area contributed by atoms with Gasteiger partial charge in [-0.15, -0.1) is 0 Å². The normalized spacial score (nSPS) is 26.8. The highest BCUT2D eigenvalue weighted by Gasteiger charge is 2.50. The number of esters is 1. The maximum absolute atomic E-state index is 15.0. The number of benzene rings is 3. The van der Waals surface area contributed by atoms with Gasteiger partial charge in [-0.1, -0.05) is 74.0 Å². The third-order valence-corrected chi connectivity index (χ3v) is 13.4. The van der Waals surface area contributed by atoms with Crippen LogP contribution in [0.2, 0.25) is 0 Å². The highest BCUT2D eigenvalue weighted by molar-refractivity contribution is 9.10. The van der Waals surface area contributed by atoms with Gasteiger partial charge >= 0.3 is 11.8 Å². The number of carbonyl (C=O) groups is 4. The van der Waals surface area contributed by atoms with Gasteiger partial charge in [0.1, 0.15) is 17.6 Å². The molecule has 1 aromatic heterocycles. The molecule has 2 aliphatic heterocycles. The number of rotatable bonds is 5. The van der Waals surface area contributed by atoms with Gasteiger partial charge < -0.3 is 49.3 Å². The van der Waals surface area contributed by atoms with E-state index >= 15 is 0 Å². The number of allylic oxidation sites excluding steroid dienone is 2. The zero-order valence-corrected chi connectivity index (χ0v) is 39.5. The molecule has 3 heterocycles. The molecule has 1 amide bonds. The van der Waals surface area contributed by atoms with E-state index in [0.29, 0.717) is 5.69 Å². The topological polar surface area (TPSA) is 203 Å². The van der Waals surface area contributed by atoms with Gasteiger partial charge in [-0.05, 0) is 51.5 Å². The number of aromatic hydroxyl groups is 2. The lowest BCUT2D eigenvalue weighted by atomic mass is 9.78. The maximum Gasteiger partial charge on any atom is 0.312 e. The van der Waals surface area contributed by atoms with Crippen molar-refractivity contribution in [2.24, 2.45) is 23.7 Å². The molecule has 14 nitrogen and oxygen atoms in total. The lowest BCUT2D eigenvalue weighted by molar-refractivity contribution is -0.160. The summed E-state index contributed by atoms with van der Waals surface area (Å²) in [6.45, 7) is 16.0. The molecule has 0 fully saturated rings. The number of hydrogen-bond donors (Lipinski definition) is 5. The molecule has 2 aliphatic rings. The van der Waals surface area contributed by atoms with Crippen LogP contribution in [-0.4, -0.2) is 85.7 Å². The van der Waals surface area contributed by atoms with Crippen molar-refractivity contribution >= 4 is 66.7 Å². The fourth-order valence-corrected chi connectivity index (χ4v) is 9.39. The first-order valence-electron chi connectivity index (χ1n) is 21.2. The fourth-order valence-electron chi connectivity index (χ4n) is 9.12. The summed E-state index contributed by atoms with van der Waals surface area (Å²) in [6.07, 6.45) is 3.66. The summed E-state index contributed by atoms with van der Waals surface area (Å²) in [4.78, 5) is 55.3. The monoisotopic (exact) mass is 944 g/mol. The van der Waals surface area contributed by atoms with Crippen LogP contribution in [0, 0.1) is 37.5 Å². The van der Waals surface area contributed by atoms with Crippen molar-refractivity contribution in [1.29, 1.82) is 0 Å². The molecule has 3 aromatic carbocycles. The minimum atomic E-state index is -2.04. The number of ketones is 2. The molecule has 342 valence electrons. The molecule has 0 saturated carbocycles. The zero-order chi connectivity index (χ0) is 47.3. The number of methoxy groups -OCH3 is 1. The van der Waals surface area contributed by atoms with Crippen LogP contribution < -0.4 is 10.1 Å². The summed E-state index contributed by atoms with van der Waals surface area (Å²) in [6, 6.07) is 7.51. The van der Waals surface area contributed by atoms with E-state index in [0.717, 1.165) is 10.0 Å². The number of nitrogens with zero attached hydrogens (tertiary/aromatic N) is 1. The van der Waals surface area contributed by atoms with Crippen molar-refractivity contribution < 1.29 is 58.6 Å². The predicted octanol–water partition coefficient (Wildman–Crippen LogP) is 8.33. The summed E-state index contributed by atoms with van der Waals surface area (Å²) < 4.78 is 26.8. The number of halogens is 1. The van der Waals surface area contributed by atoms with Crippen LogP contribution in [0.15, 0.2) is 64.9 Å². The van der Waals surface area contributed by atoms with Gasteiger partial charge in [0.15, 0.2) is 11.5 Å². The number of ether oxygens (including phenoxy) is 4. The fraction of sp³-hybridized carbons (Fsp3) is 0.429. The first-order valence-corrected chi connectivity index (χ1v) is 22.0. The second-order valence-corrected chi connectivity index (χ2v) is 18.2. The summed E-state index contributed by atoms with van der Waals surface area (Å²) in [5.74, 6) is -7.88. The van der Waals surface area contributed by atoms with Crippen molar-refractivity contribution in [1.82, 2.24) is 4.57 Å². The number of phenols is 2. The number of aromatic nitrogens is 1. The predicted molar refractivity (Wildman–Crippen MR) is 246 cm³/mol. The number of carbonyl (C=O) groups excluding carboxylic acids is 4. The van der Waals surface area contributed by atoms with E-state index in [1.54, 1.807) is 53.7 Å². The Morgan fingerprint density at radius 2 is 1.56 bits per heavy atom. The molecule has 0 aliphatic carbocycles. The van der Waals surface area contributed by atoms with Crippen LogP contribution in [0.25, 0.3) is 21.7 Å². The van der Waals surface area contributed by atoms with Crippen molar-refractivity contribution in [3.8, 4) is 17.2 Å². The van der Waals surface area contributed by atoms with Gasteiger partial charge in [0, 0.05) is 88.8 Å². The van der Waals surface area contributed by atoms with Gasteiger partial charge in [0.25, 0.3) is 11.7 Å². The Labute approximate surface area is 380 Å². The molecule has 0 radical (unpaired) electrons. The van der Waals surface area contributed by atoms with E-state index in [-0.39, 0.29) is 67.7 Å². The number of anilines is 1. The van der Waals surface area contributed by atoms with E-state index in [1.165, 1.54) is 53.2 Å². The molecule has 64 heavy (non-hydrogen) atoms. The van der Waals surface area contributed by atoms with E-state index in [9.17, 15) is 39.6 Å². The summed E-state index contributed by atoms with van der Waals surface area (Å²) in [7, 11) is 1.45. The van der Waals surface area contributed by atoms with Crippen LogP contribution >= 0.6 is 15.9 Å². The molecule has 0 saturated heterocycles. The van der Waals surface area contributed by atoms with Crippen molar-refractivity contribution in [2.45, 2.75) is 106 Å². The Bertz CT molecular complexity index is 2630. The molecular weight excluding hydrogens is 888 g/mol. The Morgan fingerprint density at radius 1 is 0.906 bits per heavy atom. The van der Waals surface area contributed by atoms with Crippen LogP contribution in [0.5, 0.6) is 17.2 Å². The zero-order valence-electron chi connectivity index (χ0n) is 37.9. The van der Waals surface area contributed by atoms with Crippen LogP contribution in [0.1, 0.15) is 92.9 Å². The average Bonchev–Trinajstić information content (AvgIpc) is 3.68. The largest absolute Gasteiger partial charge is 0.507 e. The van der Waals surface area contributed by atoms with Crippen molar-refractivity contribution in [3.63, 3.8) is 0 Å². The van der Waals surface area contributed by atoms with Crippen molar-refractivity contribution in [2.75, 3.05) is 12.4 Å². The Hall–Kier alpha value is -5.48. The number of Topliss-reactive ketones (excluding diaryl/α,β-unsaturated/α-hetero) is 2. The van der Waals surface area contributed by atoms with Gasteiger partial charge in [0.05, 0.1) is 46.7 Å². The molecule has 4 bridgehead atoms. The van der Waals surface area contributed by atoms with Crippen molar-refractivity contribution in [3.05, 3.63) is 92.8 Å². The number of aliphatic hydroxyl groups is 2. The number of amides is 1. The van der Waals surface area contributed by atoms with E-state index in [2.05, 4.69) is 21.2 Å². The highest BCUT2D eigenvalue weighted by Crippen LogP contribution is 2.55. The molecule has 5 N–H and O–H groups in total. The quantitative estimate of drug-likeness (QED) is 0.0729. The lowest BCUT2D eigenvalue weighted by Crippen LogP contribution is -2.46. The summed E-state index contributed by atoms with van der Waals surface area (Å²) >= 11 is 3.48. The molecule has 4 aromatic rings.